The maximum Gasteiger partial charge on any atom is 0.185 e. The summed E-state index contributed by atoms with van der Waals surface area (Å²) < 4.78 is 30.6. The van der Waals surface area contributed by atoms with Gasteiger partial charge in [0.25, 0.3) is 0 Å². The van der Waals surface area contributed by atoms with E-state index in [-0.39, 0.29) is 144 Å². The summed E-state index contributed by atoms with van der Waals surface area (Å²) in [6.07, 6.45) is -0.878. The normalized spacial score (nSPS) is 26.6. The number of carbonyl (C=O) groups excluding carboxylic acids is 6. The molecule has 378 valence electrons. The summed E-state index contributed by atoms with van der Waals surface area (Å²) in [4.78, 5) is 88.2. The van der Waals surface area contributed by atoms with Gasteiger partial charge >= 0.3 is 0 Å². The highest BCUT2D eigenvalue weighted by molar-refractivity contribution is 5.90. The Morgan fingerprint density at radius 1 is 0.612 bits per heavy atom. The molecule has 1 aliphatic heterocycles. The summed E-state index contributed by atoms with van der Waals surface area (Å²) >= 11 is 0. The Balaban J connectivity index is 2.29. The van der Waals surface area contributed by atoms with Gasteiger partial charge in [0, 0.05) is 45.6 Å². The predicted molar refractivity (Wildman–Crippen MR) is 259 cm³/mol. The monoisotopic (exact) mass is 947 g/mol. The van der Waals surface area contributed by atoms with Crippen LogP contribution < -0.4 is 54.8 Å². The number of benzene rings is 1. The molecule has 1 aliphatic rings. The third kappa shape index (κ3) is 27.1. The summed E-state index contributed by atoms with van der Waals surface area (Å²) in [6.45, 7) is 7.02. The lowest BCUT2D eigenvalue weighted by Gasteiger charge is -2.24. The molecule has 1 aromatic rings. The van der Waals surface area contributed by atoms with Crippen molar-refractivity contribution in [2.45, 2.75) is 135 Å². The maximum absolute atomic E-state index is 15.3. The summed E-state index contributed by atoms with van der Waals surface area (Å²) in [6, 6.07) is 6.40. The van der Waals surface area contributed by atoms with E-state index in [1.807, 2.05) is 44.2 Å². The van der Waals surface area contributed by atoms with Crippen LogP contribution in [0.4, 0.5) is 8.78 Å². The lowest BCUT2D eigenvalue weighted by molar-refractivity contribution is -0.124. The Morgan fingerprint density at radius 2 is 1.13 bits per heavy atom. The maximum atomic E-state index is 15.3. The lowest BCUT2D eigenvalue weighted by atomic mass is 9.92. The number of hydrogen-bond donors (Lipinski definition) is 10. The molecule has 8 atom stereocenters. The number of nitrogens with two attached hydrogens (primary N) is 4. The van der Waals surface area contributed by atoms with Crippen LogP contribution in [0.15, 0.2) is 40.3 Å². The molecule has 1 heterocycles. The third-order valence-corrected chi connectivity index (χ3v) is 11.4. The van der Waals surface area contributed by atoms with E-state index >= 15 is 8.78 Å². The van der Waals surface area contributed by atoms with Gasteiger partial charge in [-0.25, -0.2) is 8.78 Å². The van der Waals surface area contributed by atoms with Gasteiger partial charge in [-0.15, -0.1) is 0 Å². The average molecular weight is 947 g/mol. The van der Waals surface area contributed by atoms with Crippen LogP contribution in [0.5, 0.6) is 0 Å². The predicted octanol–water partition coefficient (Wildman–Crippen LogP) is 0.679. The first-order chi connectivity index (χ1) is 31.8. The number of aliphatic imine (C=N–C) groups is 2. The Morgan fingerprint density at radius 3 is 1.69 bits per heavy atom. The van der Waals surface area contributed by atoms with Gasteiger partial charge in [-0.1, -0.05) is 58.0 Å². The van der Waals surface area contributed by atoms with Gasteiger partial charge in [-0.2, -0.15) is 0 Å². The molecule has 1 saturated heterocycles. The molecule has 67 heavy (non-hydrogen) atoms. The minimum absolute atomic E-state index is 0.0136. The number of nitrogens with zero attached hydrogens (tertiary/aromatic N) is 2. The number of alkyl halides is 2. The fourth-order valence-corrected chi connectivity index (χ4v) is 7.98. The highest BCUT2D eigenvalue weighted by atomic mass is 19.1. The fraction of sp³-hybridized carbons (Fsp3) is 0.702. The number of nitrogens with one attached hydrogen (secondary N) is 6. The number of guanidine groups is 2. The van der Waals surface area contributed by atoms with Crippen LogP contribution in [0.25, 0.3) is 0 Å². The van der Waals surface area contributed by atoms with Crippen LogP contribution in [0, 0.1) is 17.8 Å². The molecule has 14 N–H and O–H groups in total. The van der Waals surface area contributed by atoms with Crippen molar-refractivity contribution >= 4 is 46.6 Å². The Kier molecular flexibility index (Phi) is 28.8. The van der Waals surface area contributed by atoms with Crippen molar-refractivity contribution < 1.29 is 37.5 Å². The molecule has 0 amide bonds. The van der Waals surface area contributed by atoms with Gasteiger partial charge < -0.3 is 44.2 Å². The minimum atomic E-state index is -1.53. The second-order valence-electron chi connectivity index (χ2n) is 18.4. The Hall–Kier alpha value is -4.60. The van der Waals surface area contributed by atoms with E-state index in [0.717, 1.165) is 5.56 Å². The van der Waals surface area contributed by atoms with Crippen molar-refractivity contribution in [1.82, 2.24) is 31.9 Å². The smallest absolute Gasteiger partial charge is 0.185 e. The summed E-state index contributed by atoms with van der Waals surface area (Å²) in [5.74, 6) is -2.43. The molecule has 1 aromatic carbocycles. The van der Waals surface area contributed by atoms with Gasteiger partial charge in [0.15, 0.2) is 29.3 Å². The molecule has 0 bridgehead atoms. The van der Waals surface area contributed by atoms with Crippen molar-refractivity contribution in [3.63, 3.8) is 0 Å². The molecule has 0 aromatic heterocycles. The average Bonchev–Trinajstić information content (AvgIpc) is 3.24. The van der Waals surface area contributed by atoms with Crippen LogP contribution >= 0.6 is 0 Å². The van der Waals surface area contributed by atoms with E-state index < -0.39 is 54.6 Å². The Labute approximate surface area is 395 Å². The van der Waals surface area contributed by atoms with Gasteiger partial charge in [-0.3, -0.25) is 49.4 Å². The zero-order valence-corrected chi connectivity index (χ0v) is 40.1. The second-order valence-corrected chi connectivity index (χ2v) is 18.4. The van der Waals surface area contributed by atoms with E-state index in [1.165, 1.54) is 0 Å². The van der Waals surface area contributed by atoms with E-state index in [4.69, 9.17) is 22.9 Å². The first-order valence-electron chi connectivity index (χ1n) is 23.7. The van der Waals surface area contributed by atoms with Crippen LogP contribution in [-0.4, -0.2) is 142 Å². The van der Waals surface area contributed by atoms with E-state index in [1.54, 1.807) is 13.8 Å². The van der Waals surface area contributed by atoms with E-state index in [9.17, 15) is 28.8 Å². The Bertz CT molecular complexity index is 1730. The molecule has 2 rings (SSSR count). The van der Waals surface area contributed by atoms with Crippen LogP contribution in [-0.2, 0) is 35.2 Å². The van der Waals surface area contributed by atoms with Crippen molar-refractivity contribution in [3.05, 3.63) is 35.9 Å². The van der Waals surface area contributed by atoms with Crippen molar-refractivity contribution in [2.24, 2.45) is 50.7 Å². The number of halogens is 2. The summed E-state index contributed by atoms with van der Waals surface area (Å²) in [5, 5.41) is 18.3. The zero-order chi connectivity index (χ0) is 49.7. The molecule has 0 aliphatic carbocycles. The lowest BCUT2D eigenvalue weighted by Crippen LogP contribution is -2.50. The standard InChI is InChI=1S/C47H80F2N12O6/c1-30(2)16-40-45(67)28-59-41(21-33-10-6-5-7-11-33)44(66)27-55-24-36(62)22-34(48)17-31(3)19-42(64)38(12-8-14-56-46(50)51)60-29-61-39(13-9-15-57-47(52)53)43(65)20-32(4)18-35(49)23-54-25-37(63)26-58-40/h5-7,10-11,30-32,34-35,38-41,54-55,58-61H,8-9,12-29H2,1-4H3,(H4,50,51,56)(H4,52,53,57)/t31?,32?,34?,35?,38-,39-,40-,41-/m0/s1. The first-order valence-corrected chi connectivity index (χ1v) is 23.7. The number of ketones is 6. The molecule has 20 heteroatoms. The van der Waals surface area contributed by atoms with Crippen LogP contribution in [0.2, 0.25) is 0 Å². The van der Waals surface area contributed by atoms with Gasteiger partial charge in [-0.05, 0) is 74.7 Å². The number of hydrogen-bond acceptors (Lipinski definition) is 14. The highest BCUT2D eigenvalue weighted by Gasteiger charge is 2.27. The first kappa shape index (κ1) is 58.5. The van der Waals surface area contributed by atoms with Gasteiger partial charge in [0.1, 0.15) is 29.7 Å². The summed E-state index contributed by atoms with van der Waals surface area (Å²) in [7, 11) is 0. The van der Waals surface area contributed by atoms with E-state index in [0.29, 0.717) is 32.1 Å². The van der Waals surface area contributed by atoms with Crippen molar-refractivity contribution in [1.29, 1.82) is 0 Å². The largest absolute Gasteiger partial charge is 0.370 e. The number of rotatable bonds is 12. The highest BCUT2D eigenvalue weighted by Crippen LogP contribution is 2.19. The fourth-order valence-electron chi connectivity index (χ4n) is 7.98. The molecule has 18 nitrogen and oxygen atoms in total. The SMILES string of the molecule is CC(C)C[C@@H]1NCC(=O)CNCC(F)CC(C)CC(=O)[C@H](CCCN=C(N)N)NCN[C@@H](CCCN=C(N)N)C(=O)CC(C)CC(F)CC(=O)CNCC(=O)[C@H](Cc2ccccc2)NCC1=O. The molecule has 4 unspecified atom stereocenters. The molecular weight excluding hydrogens is 867 g/mol. The van der Waals surface area contributed by atoms with Gasteiger partial charge in [0.2, 0.25) is 0 Å². The minimum Gasteiger partial charge on any atom is -0.370 e. The topological polar surface area (TPSA) is 303 Å². The number of carbonyl (C=O) groups is 6. The molecule has 1 fully saturated rings. The van der Waals surface area contributed by atoms with E-state index in [2.05, 4.69) is 41.9 Å². The number of Topliss-reactive ketones (excluding diaryl/α,β-unsaturated/α-hetero) is 6. The summed E-state index contributed by atoms with van der Waals surface area (Å²) in [5.41, 5.74) is 22.8. The molecule has 0 radical (unpaired) electrons. The molecule has 0 saturated carbocycles. The van der Waals surface area contributed by atoms with Gasteiger partial charge in [0.05, 0.1) is 56.9 Å². The molecule has 0 spiro atoms. The molecular formula is C47H80F2N12O6. The van der Waals surface area contributed by atoms with Crippen molar-refractivity contribution in [3.8, 4) is 0 Å². The van der Waals surface area contributed by atoms with Crippen LogP contribution in [0.1, 0.15) is 97.5 Å². The third-order valence-electron chi connectivity index (χ3n) is 11.4. The van der Waals surface area contributed by atoms with Crippen molar-refractivity contribution in [2.75, 3.05) is 59.0 Å². The van der Waals surface area contributed by atoms with Crippen LogP contribution in [0.3, 0.4) is 0 Å². The quantitative estimate of drug-likeness (QED) is 0.0783. The zero-order valence-electron chi connectivity index (χ0n) is 40.1. The second kappa shape index (κ2) is 33.0.